The van der Waals surface area contributed by atoms with Crippen molar-refractivity contribution in [1.82, 2.24) is 0 Å². The molecule has 0 saturated heterocycles. The van der Waals surface area contributed by atoms with Crippen molar-refractivity contribution < 1.29 is 33.6 Å². The Bertz CT molecular complexity index is 814. The number of aliphatic hydroxyl groups excluding tert-OH is 1. The molecule has 0 radical (unpaired) electrons. The van der Waals surface area contributed by atoms with E-state index in [9.17, 15) is 19.4 Å². The predicted octanol–water partition coefficient (Wildman–Crippen LogP) is 3.72. The lowest BCUT2D eigenvalue weighted by molar-refractivity contribution is -0.153. The maximum Gasteiger partial charge on any atom is 0.333 e. The number of ether oxygens (including phenoxy) is 3. The Kier molecular flexibility index (Phi) is 8.70. The average Bonchev–Trinajstić information content (AvgIpc) is 2.65. The summed E-state index contributed by atoms with van der Waals surface area (Å²) >= 11 is 5.68. The summed E-state index contributed by atoms with van der Waals surface area (Å²) in [6.07, 6.45) is -1.98. The quantitative estimate of drug-likeness (QED) is 0.569. The van der Waals surface area contributed by atoms with Crippen LogP contribution in [0, 0.1) is 5.82 Å². The molecule has 6 nitrogen and oxygen atoms in total. The number of carboxylic acids is 1. The van der Waals surface area contributed by atoms with E-state index in [4.69, 9.17) is 25.8 Å². The first-order chi connectivity index (χ1) is 13.7. The summed E-state index contributed by atoms with van der Waals surface area (Å²) < 4.78 is 29.8. The van der Waals surface area contributed by atoms with Crippen LogP contribution >= 0.6 is 11.6 Å². The topological polar surface area (TPSA) is 85.2 Å². The van der Waals surface area contributed by atoms with Crippen LogP contribution in [0.4, 0.5) is 4.39 Å². The highest BCUT2D eigenvalue weighted by Gasteiger charge is 2.20. The van der Waals surface area contributed by atoms with Crippen LogP contribution in [0.5, 0.6) is 11.5 Å². The van der Waals surface area contributed by atoms with Crippen LogP contribution in [0.15, 0.2) is 42.5 Å². The third-order valence-electron chi connectivity index (χ3n) is 3.80. The molecule has 158 valence electrons. The van der Waals surface area contributed by atoms with Gasteiger partial charge in [0.25, 0.3) is 0 Å². The molecule has 0 bridgehead atoms. The second-order valence-electron chi connectivity index (χ2n) is 6.71. The molecule has 2 rings (SSSR count). The number of halogens is 2. The van der Waals surface area contributed by atoms with Crippen LogP contribution in [0.3, 0.4) is 0 Å². The van der Waals surface area contributed by atoms with Crippen molar-refractivity contribution in [3.8, 4) is 11.5 Å². The Morgan fingerprint density at radius 1 is 1.14 bits per heavy atom. The third-order valence-corrected chi connectivity index (χ3v) is 4.03. The van der Waals surface area contributed by atoms with Crippen LogP contribution in [0.1, 0.15) is 19.4 Å². The first-order valence-corrected chi connectivity index (χ1v) is 9.48. The van der Waals surface area contributed by atoms with Gasteiger partial charge in [0.15, 0.2) is 17.7 Å². The Labute approximate surface area is 173 Å². The summed E-state index contributed by atoms with van der Waals surface area (Å²) in [5.41, 5.74) is 0.726. The van der Waals surface area contributed by atoms with Crippen LogP contribution in [0.2, 0.25) is 5.02 Å². The molecule has 0 unspecified atom stereocenters. The number of rotatable bonds is 11. The van der Waals surface area contributed by atoms with Crippen LogP contribution in [-0.2, 0) is 16.0 Å². The molecule has 0 heterocycles. The predicted molar refractivity (Wildman–Crippen MR) is 106 cm³/mol. The Morgan fingerprint density at radius 3 is 2.52 bits per heavy atom. The lowest BCUT2D eigenvalue weighted by Gasteiger charge is -2.17. The van der Waals surface area contributed by atoms with Crippen molar-refractivity contribution in [2.24, 2.45) is 0 Å². The molecule has 0 amide bonds. The number of hydrogen-bond acceptors (Lipinski definition) is 5. The van der Waals surface area contributed by atoms with E-state index >= 15 is 0 Å². The van der Waals surface area contributed by atoms with Gasteiger partial charge in [-0.25, -0.2) is 9.18 Å². The molecule has 8 heteroatoms. The summed E-state index contributed by atoms with van der Waals surface area (Å²) in [5.74, 6) is -1.20. The van der Waals surface area contributed by atoms with E-state index in [2.05, 4.69) is 0 Å². The van der Waals surface area contributed by atoms with Gasteiger partial charge >= 0.3 is 5.97 Å². The highest BCUT2D eigenvalue weighted by atomic mass is 35.5. The summed E-state index contributed by atoms with van der Waals surface area (Å²) in [6.45, 7) is 3.30. The van der Waals surface area contributed by atoms with Gasteiger partial charge in [-0.15, -0.1) is 0 Å². The molecule has 2 atom stereocenters. The molecule has 2 aromatic carbocycles. The van der Waals surface area contributed by atoms with Gasteiger partial charge in [0, 0.05) is 11.4 Å². The molecule has 0 aliphatic rings. The van der Waals surface area contributed by atoms with Crippen molar-refractivity contribution in [3.63, 3.8) is 0 Å². The van der Waals surface area contributed by atoms with E-state index in [0.717, 1.165) is 11.6 Å². The van der Waals surface area contributed by atoms with Gasteiger partial charge in [0.05, 0.1) is 6.10 Å². The molecule has 0 aliphatic carbocycles. The van der Waals surface area contributed by atoms with Crippen molar-refractivity contribution in [2.75, 3.05) is 13.2 Å². The van der Waals surface area contributed by atoms with E-state index < -0.39 is 24.0 Å². The zero-order valence-corrected chi connectivity index (χ0v) is 16.9. The highest BCUT2D eigenvalue weighted by Crippen LogP contribution is 2.21. The van der Waals surface area contributed by atoms with Crippen molar-refractivity contribution in [1.29, 1.82) is 0 Å². The Hall–Kier alpha value is -2.35. The molecule has 0 spiro atoms. The number of aliphatic carboxylic acids is 1. The normalized spacial score (nSPS) is 13.2. The zero-order chi connectivity index (χ0) is 21.4. The van der Waals surface area contributed by atoms with Gasteiger partial charge in [-0.3, -0.25) is 0 Å². The van der Waals surface area contributed by atoms with Crippen molar-refractivity contribution >= 4 is 17.6 Å². The van der Waals surface area contributed by atoms with Gasteiger partial charge in [0.2, 0.25) is 0 Å². The number of carboxylic acid groups (broad SMARTS) is 1. The lowest BCUT2D eigenvalue weighted by Crippen LogP contribution is -2.29. The molecule has 0 aliphatic heterocycles. The van der Waals surface area contributed by atoms with Gasteiger partial charge in [-0.1, -0.05) is 23.7 Å². The zero-order valence-electron chi connectivity index (χ0n) is 16.2. The van der Waals surface area contributed by atoms with E-state index in [-0.39, 0.29) is 36.5 Å². The molecule has 2 N–H and O–H groups in total. The maximum absolute atomic E-state index is 13.7. The molecule has 0 saturated carbocycles. The van der Waals surface area contributed by atoms with Crippen LogP contribution < -0.4 is 9.47 Å². The average molecular weight is 427 g/mol. The number of aliphatic hydroxyl groups is 1. The van der Waals surface area contributed by atoms with E-state index in [1.165, 1.54) is 12.1 Å². The van der Waals surface area contributed by atoms with E-state index in [1.54, 1.807) is 38.1 Å². The Morgan fingerprint density at radius 2 is 1.86 bits per heavy atom. The van der Waals surface area contributed by atoms with E-state index in [1.807, 2.05) is 0 Å². The minimum absolute atomic E-state index is 0.0136. The van der Waals surface area contributed by atoms with Crippen LogP contribution in [0.25, 0.3) is 0 Å². The highest BCUT2D eigenvalue weighted by molar-refractivity contribution is 6.30. The fraction of sp³-hybridized carbons (Fsp3) is 0.381. The van der Waals surface area contributed by atoms with Crippen molar-refractivity contribution in [3.05, 3.63) is 58.9 Å². The maximum atomic E-state index is 13.7. The third kappa shape index (κ3) is 7.89. The molecular formula is C21H24ClFO6. The molecule has 0 aromatic heterocycles. The van der Waals surface area contributed by atoms with Gasteiger partial charge < -0.3 is 24.4 Å². The molecular weight excluding hydrogens is 403 g/mol. The summed E-state index contributed by atoms with van der Waals surface area (Å²) in [7, 11) is 0. The smallest absolute Gasteiger partial charge is 0.333 e. The first-order valence-electron chi connectivity index (χ1n) is 9.10. The minimum Gasteiger partial charge on any atom is -0.491 e. The summed E-state index contributed by atoms with van der Waals surface area (Å²) in [6, 6.07) is 10.9. The second kappa shape index (κ2) is 11.0. The molecule has 0 fully saturated rings. The van der Waals surface area contributed by atoms with Crippen molar-refractivity contribution in [2.45, 2.75) is 38.6 Å². The Balaban J connectivity index is 1.87. The molecule has 2 aromatic rings. The SMILES string of the molecule is CC(C)O[C@@H](Cc1cccc(OC[C@H](O)COc2ccc(Cl)cc2F)c1)C(=O)O. The number of benzene rings is 2. The number of hydrogen-bond donors (Lipinski definition) is 2. The second-order valence-corrected chi connectivity index (χ2v) is 7.15. The van der Waals surface area contributed by atoms with Gasteiger partial charge in [-0.05, 0) is 49.7 Å². The molecule has 29 heavy (non-hydrogen) atoms. The fourth-order valence-electron chi connectivity index (χ4n) is 2.52. The van der Waals surface area contributed by atoms with Gasteiger partial charge in [0.1, 0.15) is 25.1 Å². The fourth-order valence-corrected chi connectivity index (χ4v) is 2.68. The standard InChI is InChI=1S/C21H24ClFO6/c1-13(2)29-20(21(25)26)9-14-4-3-5-17(8-14)27-11-16(24)12-28-19-7-6-15(22)10-18(19)23/h3-8,10,13,16,20,24H,9,11-12H2,1-2H3,(H,25,26)/t16-,20-/m0/s1. The minimum atomic E-state index is -1.04. The number of carbonyl (C=O) groups is 1. The summed E-state index contributed by atoms with van der Waals surface area (Å²) in [4.78, 5) is 11.3. The first kappa shape index (κ1) is 22.9. The lowest BCUT2D eigenvalue weighted by atomic mass is 10.1. The largest absolute Gasteiger partial charge is 0.491 e. The summed E-state index contributed by atoms with van der Waals surface area (Å²) in [5, 5.41) is 19.5. The van der Waals surface area contributed by atoms with Crippen LogP contribution in [-0.4, -0.2) is 47.7 Å². The monoisotopic (exact) mass is 426 g/mol. The van der Waals surface area contributed by atoms with Gasteiger partial charge in [-0.2, -0.15) is 0 Å². The van der Waals surface area contributed by atoms with E-state index in [0.29, 0.717) is 5.75 Å².